The van der Waals surface area contributed by atoms with Crippen LogP contribution in [0.25, 0.3) is 0 Å². The molecule has 1 unspecified atom stereocenters. The van der Waals surface area contributed by atoms with E-state index in [1.165, 1.54) is 5.56 Å². The smallest absolute Gasteiger partial charge is 0.145 e. The number of benzene rings is 1. The molecule has 0 bridgehead atoms. The van der Waals surface area contributed by atoms with Crippen molar-refractivity contribution in [3.63, 3.8) is 0 Å². The lowest BCUT2D eigenvalue weighted by molar-refractivity contribution is 0.474. The molecule has 0 saturated carbocycles. The highest BCUT2D eigenvalue weighted by Crippen LogP contribution is 2.25. The van der Waals surface area contributed by atoms with Crippen LogP contribution in [-0.4, -0.2) is 11.5 Å². The Bertz CT molecular complexity index is 551. The molecule has 0 amide bonds. The van der Waals surface area contributed by atoms with Gasteiger partial charge in [0.1, 0.15) is 11.5 Å². The van der Waals surface area contributed by atoms with Crippen molar-refractivity contribution >= 4 is 0 Å². The molecular weight excluding hydrogens is 260 g/mol. The second kappa shape index (κ2) is 7.79. The minimum atomic E-state index is 0.379. The SMILES string of the molecule is CCCNC(CC)c1cccc(Oc2ccc(C)nc2)c1. The zero-order valence-corrected chi connectivity index (χ0v) is 13.1. The van der Waals surface area contributed by atoms with Crippen molar-refractivity contribution in [3.8, 4) is 11.5 Å². The molecule has 1 heterocycles. The molecule has 3 nitrogen and oxygen atoms in total. The first-order chi connectivity index (χ1) is 10.2. The summed E-state index contributed by atoms with van der Waals surface area (Å²) in [7, 11) is 0. The Labute approximate surface area is 127 Å². The number of nitrogens with one attached hydrogen (secondary N) is 1. The van der Waals surface area contributed by atoms with Crippen LogP contribution in [0.5, 0.6) is 11.5 Å². The number of aromatic nitrogens is 1. The van der Waals surface area contributed by atoms with Crippen LogP contribution in [0.4, 0.5) is 0 Å². The summed E-state index contributed by atoms with van der Waals surface area (Å²) >= 11 is 0. The zero-order valence-electron chi connectivity index (χ0n) is 13.1. The molecule has 1 aromatic heterocycles. The van der Waals surface area contributed by atoms with Gasteiger partial charge in [0.05, 0.1) is 6.20 Å². The highest BCUT2D eigenvalue weighted by Gasteiger charge is 2.09. The highest BCUT2D eigenvalue weighted by molar-refractivity contribution is 5.34. The molecule has 1 N–H and O–H groups in total. The zero-order chi connectivity index (χ0) is 15.1. The summed E-state index contributed by atoms with van der Waals surface area (Å²) in [5, 5.41) is 3.57. The fourth-order valence-corrected chi connectivity index (χ4v) is 2.26. The van der Waals surface area contributed by atoms with Crippen molar-refractivity contribution in [1.29, 1.82) is 0 Å². The minimum absolute atomic E-state index is 0.379. The largest absolute Gasteiger partial charge is 0.456 e. The van der Waals surface area contributed by atoms with Crippen molar-refractivity contribution in [3.05, 3.63) is 53.9 Å². The van der Waals surface area contributed by atoms with Gasteiger partial charge in [-0.25, -0.2) is 0 Å². The summed E-state index contributed by atoms with van der Waals surface area (Å²) < 4.78 is 5.88. The third-order valence-corrected chi connectivity index (χ3v) is 3.43. The average molecular weight is 284 g/mol. The van der Waals surface area contributed by atoms with Crippen molar-refractivity contribution in [1.82, 2.24) is 10.3 Å². The summed E-state index contributed by atoms with van der Waals surface area (Å²) in [4.78, 5) is 4.25. The molecule has 2 aromatic rings. The van der Waals surface area contributed by atoms with Crippen LogP contribution in [0.3, 0.4) is 0 Å². The molecule has 1 aromatic carbocycles. The fraction of sp³-hybridized carbons (Fsp3) is 0.389. The first-order valence-corrected chi connectivity index (χ1v) is 7.66. The van der Waals surface area contributed by atoms with E-state index in [1.807, 2.05) is 31.2 Å². The van der Waals surface area contributed by atoms with E-state index in [9.17, 15) is 0 Å². The van der Waals surface area contributed by atoms with E-state index >= 15 is 0 Å². The van der Waals surface area contributed by atoms with Crippen molar-refractivity contribution < 1.29 is 4.74 Å². The normalized spacial score (nSPS) is 12.1. The van der Waals surface area contributed by atoms with Crippen molar-refractivity contribution in [2.45, 2.75) is 39.7 Å². The average Bonchev–Trinajstić information content (AvgIpc) is 2.51. The fourth-order valence-electron chi connectivity index (χ4n) is 2.26. The predicted octanol–water partition coefficient (Wildman–Crippen LogP) is 4.63. The van der Waals surface area contributed by atoms with Gasteiger partial charge in [0.2, 0.25) is 0 Å². The molecule has 0 aliphatic heterocycles. The van der Waals surface area contributed by atoms with Crippen LogP contribution < -0.4 is 10.1 Å². The lowest BCUT2D eigenvalue weighted by atomic mass is 10.0. The number of pyridine rings is 1. The van der Waals surface area contributed by atoms with Gasteiger partial charge >= 0.3 is 0 Å². The van der Waals surface area contributed by atoms with Gasteiger partial charge < -0.3 is 10.1 Å². The number of hydrogen-bond acceptors (Lipinski definition) is 3. The number of rotatable bonds is 7. The molecule has 2 rings (SSSR count). The van der Waals surface area contributed by atoms with Gasteiger partial charge in [-0.1, -0.05) is 26.0 Å². The lowest BCUT2D eigenvalue weighted by Gasteiger charge is -2.18. The van der Waals surface area contributed by atoms with E-state index in [0.29, 0.717) is 6.04 Å². The van der Waals surface area contributed by atoms with Crippen LogP contribution in [-0.2, 0) is 0 Å². The molecule has 0 saturated heterocycles. The Morgan fingerprint density at radius 1 is 1.14 bits per heavy atom. The molecule has 21 heavy (non-hydrogen) atoms. The number of hydrogen-bond donors (Lipinski definition) is 1. The van der Waals surface area contributed by atoms with E-state index in [0.717, 1.165) is 36.6 Å². The maximum atomic E-state index is 5.88. The van der Waals surface area contributed by atoms with Crippen molar-refractivity contribution in [2.24, 2.45) is 0 Å². The molecule has 0 spiro atoms. The standard InChI is InChI=1S/C18H24N2O/c1-4-11-19-18(5-2)15-7-6-8-16(12-15)21-17-10-9-14(3)20-13-17/h6-10,12-13,18-19H,4-5,11H2,1-3H3. The van der Waals surface area contributed by atoms with Crippen LogP contribution in [0.2, 0.25) is 0 Å². The minimum Gasteiger partial charge on any atom is -0.456 e. The second-order valence-corrected chi connectivity index (χ2v) is 5.22. The Hall–Kier alpha value is -1.87. The lowest BCUT2D eigenvalue weighted by Crippen LogP contribution is -2.21. The Balaban J connectivity index is 2.11. The second-order valence-electron chi connectivity index (χ2n) is 5.22. The first-order valence-electron chi connectivity index (χ1n) is 7.66. The van der Waals surface area contributed by atoms with Gasteiger partial charge in [-0.2, -0.15) is 0 Å². The maximum Gasteiger partial charge on any atom is 0.145 e. The van der Waals surface area contributed by atoms with Crippen molar-refractivity contribution in [2.75, 3.05) is 6.54 Å². The molecule has 1 atom stereocenters. The number of aryl methyl sites for hydroxylation is 1. The number of nitrogens with zero attached hydrogens (tertiary/aromatic N) is 1. The van der Waals surface area contributed by atoms with Gasteiger partial charge in [-0.05, 0) is 56.1 Å². The summed E-state index contributed by atoms with van der Waals surface area (Å²) in [6, 6.07) is 12.6. The van der Waals surface area contributed by atoms with Crippen LogP contribution in [0, 0.1) is 6.92 Å². The molecular formula is C18H24N2O. The maximum absolute atomic E-state index is 5.88. The van der Waals surface area contributed by atoms with Gasteiger partial charge in [0, 0.05) is 11.7 Å². The summed E-state index contributed by atoms with van der Waals surface area (Å²) in [6.07, 6.45) is 3.96. The van der Waals surface area contributed by atoms with E-state index in [1.54, 1.807) is 6.20 Å². The van der Waals surface area contributed by atoms with Crippen LogP contribution in [0.1, 0.15) is 44.0 Å². The Morgan fingerprint density at radius 2 is 2.00 bits per heavy atom. The molecule has 0 radical (unpaired) electrons. The van der Waals surface area contributed by atoms with Gasteiger partial charge in [0.15, 0.2) is 0 Å². The summed E-state index contributed by atoms with van der Waals surface area (Å²) in [5.41, 5.74) is 2.26. The third-order valence-electron chi connectivity index (χ3n) is 3.43. The highest BCUT2D eigenvalue weighted by atomic mass is 16.5. The van der Waals surface area contributed by atoms with Crippen LogP contribution >= 0.6 is 0 Å². The monoisotopic (exact) mass is 284 g/mol. The summed E-state index contributed by atoms with van der Waals surface area (Å²) in [5.74, 6) is 1.63. The van der Waals surface area contributed by atoms with Gasteiger partial charge in [-0.15, -0.1) is 0 Å². The van der Waals surface area contributed by atoms with E-state index in [-0.39, 0.29) is 0 Å². The Morgan fingerprint density at radius 3 is 2.67 bits per heavy atom. The molecule has 0 fully saturated rings. The molecule has 0 aliphatic rings. The third kappa shape index (κ3) is 4.57. The molecule has 0 aliphatic carbocycles. The quantitative estimate of drug-likeness (QED) is 0.804. The number of ether oxygens (including phenoxy) is 1. The van der Waals surface area contributed by atoms with E-state index in [2.05, 4.69) is 36.3 Å². The van der Waals surface area contributed by atoms with Gasteiger partial charge in [-0.3, -0.25) is 4.98 Å². The first kappa shape index (κ1) is 15.5. The summed E-state index contributed by atoms with van der Waals surface area (Å²) in [6.45, 7) is 7.38. The van der Waals surface area contributed by atoms with E-state index in [4.69, 9.17) is 4.74 Å². The van der Waals surface area contributed by atoms with Crippen LogP contribution in [0.15, 0.2) is 42.6 Å². The predicted molar refractivity (Wildman–Crippen MR) is 86.8 cm³/mol. The molecule has 112 valence electrons. The Kier molecular flexibility index (Phi) is 5.76. The topological polar surface area (TPSA) is 34.1 Å². The van der Waals surface area contributed by atoms with Gasteiger partial charge in [0.25, 0.3) is 0 Å². The van der Waals surface area contributed by atoms with E-state index < -0.39 is 0 Å². The molecule has 3 heteroatoms.